The molecule has 0 spiro atoms. The largest absolute Gasteiger partial charge is 0.460 e. The molecule has 53 heavy (non-hydrogen) atoms. The van der Waals surface area contributed by atoms with Crippen molar-refractivity contribution in [3.05, 3.63) is 168 Å². The molecule has 2 aliphatic carbocycles. The average molecular weight is 682 g/mol. The second-order valence-corrected chi connectivity index (χ2v) is 14.9. The molecule has 2 aliphatic rings. The standard InChI is InChI=1S/C49H35N3O/c1-49(2)39-20-10-6-16-32(39)37-27-38-33-17-7-11-21-43(33)52(45(38)28-40(37)49)44-22-12-8-19-36(44)48-50-41(30-14-4-3-5-15-30)29-42(51-48)31-24-25-35-34-18-9-13-23-46(34)53-47(35)26-31/h3-12,14-22,24-29H,13,23H2,1-2H3. The second kappa shape index (κ2) is 11.2. The Morgan fingerprint density at radius 3 is 2.23 bits per heavy atom. The van der Waals surface area contributed by atoms with Gasteiger partial charge in [0, 0.05) is 50.2 Å². The summed E-state index contributed by atoms with van der Waals surface area (Å²) < 4.78 is 8.82. The Bertz CT molecular complexity index is 2980. The van der Waals surface area contributed by atoms with Crippen molar-refractivity contribution in [3.63, 3.8) is 0 Å². The highest BCUT2D eigenvalue weighted by Crippen LogP contribution is 2.51. The predicted octanol–water partition coefficient (Wildman–Crippen LogP) is 12.6. The molecular weight excluding hydrogens is 647 g/mol. The van der Waals surface area contributed by atoms with Crippen LogP contribution in [0.5, 0.6) is 0 Å². The molecule has 11 rings (SSSR count). The van der Waals surface area contributed by atoms with E-state index in [0.29, 0.717) is 5.82 Å². The first-order valence-electron chi connectivity index (χ1n) is 18.5. The van der Waals surface area contributed by atoms with E-state index < -0.39 is 0 Å². The van der Waals surface area contributed by atoms with Crippen molar-refractivity contribution in [2.24, 2.45) is 0 Å². The fourth-order valence-corrected chi connectivity index (χ4v) is 8.86. The van der Waals surface area contributed by atoms with Gasteiger partial charge in [0.1, 0.15) is 11.3 Å². The minimum atomic E-state index is -0.117. The third-order valence-corrected chi connectivity index (χ3v) is 11.5. The summed E-state index contributed by atoms with van der Waals surface area (Å²) >= 11 is 0. The summed E-state index contributed by atoms with van der Waals surface area (Å²) in [6.45, 7) is 4.70. The van der Waals surface area contributed by atoms with Crippen molar-refractivity contribution in [2.75, 3.05) is 0 Å². The normalized spacial score (nSPS) is 14.2. The minimum Gasteiger partial charge on any atom is -0.460 e. The maximum Gasteiger partial charge on any atom is 0.162 e. The topological polar surface area (TPSA) is 43.9 Å². The summed E-state index contributed by atoms with van der Waals surface area (Å²) in [5, 5.41) is 3.61. The maximum absolute atomic E-state index is 6.40. The van der Waals surface area contributed by atoms with E-state index >= 15 is 0 Å². The molecular formula is C49H35N3O. The van der Waals surface area contributed by atoms with Gasteiger partial charge in [-0.3, -0.25) is 0 Å². The van der Waals surface area contributed by atoms with Gasteiger partial charge in [0.05, 0.1) is 28.1 Å². The van der Waals surface area contributed by atoms with Gasteiger partial charge >= 0.3 is 0 Å². The van der Waals surface area contributed by atoms with Crippen LogP contribution in [0.3, 0.4) is 0 Å². The molecule has 0 bridgehead atoms. The molecule has 0 saturated heterocycles. The van der Waals surface area contributed by atoms with Gasteiger partial charge in [-0.25, -0.2) is 9.97 Å². The van der Waals surface area contributed by atoms with Crippen LogP contribution in [0.15, 0.2) is 150 Å². The van der Waals surface area contributed by atoms with Crippen LogP contribution in [-0.2, 0) is 11.8 Å². The van der Waals surface area contributed by atoms with Crippen molar-refractivity contribution in [3.8, 4) is 50.7 Å². The van der Waals surface area contributed by atoms with Crippen molar-refractivity contribution < 1.29 is 4.42 Å². The van der Waals surface area contributed by atoms with Crippen LogP contribution < -0.4 is 0 Å². The van der Waals surface area contributed by atoms with E-state index in [4.69, 9.17) is 14.4 Å². The SMILES string of the molecule is CC1(C)c2ccccc2-c2cc3c4ccccc4n(-c4ccccc4-c4nc(-c5ccccc5)cc(-c5ccc6c7c(oc6c5)CCC=C7)n4)c3cc21. The summed E-state index contributed by atoms with van der Waals surface area (Å²) in [5.41, 5.74) is 15.5. The number of rotatable bonds is 4. The maximum atomic E-state index is 6.40. The highest BCUT2D eigenvalue weighted by molar-refractivity contribution is 6.12. The Morgan fingerprint density at radius 1 is 0.585 bits per heavy atom. The number of fused-ring (bicyclic) bond motifs is 9. The van der Waals surface area contributed by atoms with Gasteiger partial charge in [0.15, 0.2) is 5.82 Å². The number of para-hydroxylation sites is 2. The van der Waals surface area contributed by atoms with E-state index in [1.54, 1.807) is 0 Å². The van der Waals surface area contributed by atoms with Crippen molar-refractivity contribution in [2.45, 2.75) is 32.1 Å². The van der Waals surface area contributed by atoms with Gasteiger partial charge in [0.25, 0.3) is 0 Å². The first-order chi connectivity index (χ1) is 26.0. The predicted molar refractivity (Wildman–Crippen MR) is 217 cm³/mol. The van der Waals surface area contributed by atoms with Crippen LogP contribution in [0.25, 0.3) is 89.6 Å². The fourth-order valence-electron chi connectivity index (χ4n) is 8.86. The Morgan fingerprint density at radius 2 is 1.34 bits per heavy atom. The molecule has 0 unspecified atom stereocenters. The summed E-state index contributed by atoms with van der Waals surface area (Å²) in [4.78, 5) is 10.6. The molecule has 0 saturated carbocycles. The fraction of sp³-hybridized carbons (Fsp3) is 0.102. The van der Waals surface area contributed by atoms with Crippen LogP contribution >= 0.6 is 0 Å². The van der Waals surface area contributed by atoms with Crippen LogP contribution in [-0.4, -0.2) is 14.5 Å². The summed E-state index contributed by atoms with van der Waals surface area (Å²) in [6, 6.07) is 50.1. The van der Waals surface area contributed by atoms with E-state index in [-0.39, 0.29) is 5.41 Å². The zero-order chi connectivity index (χ0) is 35.3. The molecule has 0 amide bonds. The van der Waals surface area contributed by atoms with Crippen molar-refractivity contribution >= 4 is 38.9 Å². The Kier molecular flexibility index (Phi) is 6.39. The molecule has 3 aromatic heterocycles. The Hall–Kier alpha value is -6.52. The first kappa shape index (κ1) is 30.1. The lowest BCUT2D eigenvalue weighted by molar-refractivity contribution is 0.546. The lowest BCUT2D eigenvalue weighted by atomic mass is 9.82. The van der Waals surface area contributed by atoms with Crippen LogP contribution in [0.2, 0.25) is 0 Å². The number of hydrogen-bond acceptors (Lipinski definition) is 3. The number of benzene rings is 6. The molecule has 0 atom stereocenters. The van der Waals surface area contributed by atoms with Gasteiger partial charge in [-0.05, 0) is 77.2 Å². The summed E-state index contributed by atoms with van der Waals surface area (Å²) in [5.74, 6) is 1.74. The summed E-state index contributed by atoms with van der Waals surface area (Å²) in [6.07, 6.45) is 6.36. The number of allylic oxidation sites excluding steroid dienone is 1. The van der Waals surface area contributed by atoms with Crippen molar-refractivity contribution in [1.82, 2.24) is 14.5 Å². The number of aryl methyl sites for hydroxylation is 1. The van der Waals surface area contributed by atoms with Gasteiger partial charge in [0.2, 0.25) is 0 Å². The molecule has 3 heterocycles. The third kappa shape index (κ3) is 4.48. The average Bonchev–Trinajstić information content (AvgIpc) is 3.82. The van der Waals surface area contributed by atoms with Crippen LogP contribution in [0.1, 0.15) is 42.7 Å². The van der Waals surface area contributed by atoms with Gasteiger partial charge in [-0.2, -0.15) is 0 Å². The highest BCUT2D eigenvalue weighted by atomic mass is 16.3. The molecule has 252 valence electrons. The van der Waals surface area contributed by atoms with E-state index in [1.165, 1.54) is 44.1 Å². The Balaban J connectivity index is 1.15. The highest BCUT2D eigenvalue weighted by Gasteiger charge is 2.36. The first-order valence-corrected chi connectivity index (χ1v) is 18.5. The third-order valence-electron chi connectivity index (χ3n) is 11.5. The molecule has 0 fully saturated rings. The van der Waals surface area contributed by atoms with Crippen molar-refractivity contribution in [1.29, 1.82) is 0 Å². The number of furan rings is 1. The van der Waals surface area contributed by atoms with E-state index in [2.05, 4.69) is 164 Å². The number of nitrogens with zero attached hydrogens (tertiary/aromatic N) is 3. The molecule has 4 nitrogen and oxygen atoms in total. The van der Waals surface area contributed by atoms with E-state index in [0.717, 1.165) is 68.9 Å². The number of hydrogen-bond donors (Lipinski definition) is 0. The molecule has 0 N–H and O–H groups in total. The summed E-state index contributed by atoms with van der Waals surface area (Å²) in [7, 11) is 0. The molecule has 0 radical (unpaired) electrons. The van der Waals surface area contributed by atoms with Gasteiger partial charge < -0.3 is 8.98 Å². The lowest BCUT2D eigenvalue weighted by Crippen LogP contribution is -2.15. The molecule has 4 heteroatoms. The van der Waals surface area contributed by atoms with Gasteiger partial charge in [-0.1, -0.05) is 117 Å². The minimum absolute atomic E-state index is 0.117. The van der Waals surface area contributed by atoms with Crippen LogP contribution in [0.4, 0.5) is 0 Å². The molecule has 6 aromatic carbocycles. The zero-order valence-corrected chi connectivity index (χ0v) is 29.6. The quantitative estimate of drug-likeness (QED) is 0.186. The van der Waals surface area contributed by atoms with Gasteiger partial charge in [-0.15, -0.1) is 0 Å². The zero-order valence-electron chi connectivity index (χ0n) is 29.6. The van der Waals surface area contributed by atoms with E-state index in [9.17, 15) is 0 Å². The monoisotopic (exact) mass is 681 g/mol. The lowest BCUT2D eigenvalue weighted by Gasteiger charge is -2.22. The second-order valence-electron chi connectivity index (χ2n) is 14.9. The van der Waals surface area contributed by atoms with Crippen LogP contribution in [0, 0.1) is 0 Å². The van der Waals surface area contributed by atoms with E-state index in [1.807, 2.05) is 6.07 Å². The number of aromatic nitrogens is 3. The molecule has 9 aromatic rings. The molecule has 0 aliphatic heterocycles. The smallest absolute Gasteiger partial charge is 0.162 e. The Labute approximate surface area is 307 Å².